The molecule has 0 spiro atoms. The fourth-order valence-electron chi connectivity index (χ4n) is 2.61. The number of hydrazine groups is 1. The van der Waals surface area contributed by atoms with Gasteiger partial charge in [0.15, 0.2) is 0 Å². The maximum Gasteiger partial charge on any atom is 0.271 e. The number of aromatic amines is 1. The normalized spacial score (nSPS) is 17.0. The first-order valence-electron chi connectivity index (χ1n) is 7.06. The maximum absolute atomic E-state index is 12.1. The minimum atomic E-state index is -0.317. The molecule has 0 fully saturated rings. The minimum absolute atomic E-state index is 0.167. The number of para-hydroxylation sites is 1. The summed E-state index contributed by atoms with van der Waals surface area (Å²) >= 11 is 0. The second-order valence-electron chi connectivity index (χ2n) is 5.22. The van der Waals surface area contributed by atoms with Crippen molar-refractivity contribution in [3.05, 3.63) is 48.2 Å². The molecule has 0 saturated heterocycles. The lowest BCUT2D eigenvalue weighted by molar-refractivity contribution is -0.122. The van der Waals surface area contributed by atoms with E-state index in [1.54, 1.807) is 6.20 Å². The number of aromatic nitrogens is 1. The van der Waals surface area contributed by atoms with Crippen LogP contribution in [0.2, 0.25) is 0 Å². The second kappa shape index (κ2) is 5.83. The third-order valence-electron chi connectivity index (χ3n) is 3.71. The van der Waals surface area contributed by atoms with Gasteiger partial charge in [0.05, 0.1) is 5.56 Å². The zero-order chi connectivity index (χ0) is 14.7. The van der Waals surface area contributed by atoms with Gasteiger partial charge in [-0.3, -0.25) is 20.4 Å². The number of allylic oxidation sites excluding steroid dienone is 2. The van der Waals surface area contributed by atoms with E-state index in [9.17, 15) is 9.59 Å². The molecule has 0 bridgehead atoms. The van der Waals surface area contributed by atoms with E-state index in [0.717, 1.165) is 23.7 Å². The van der Waals surface area contributed by atoms with Gasteiger partial charge in [-0.1, -0.05) is 30.4 Å². The van der Waals surface area contributed by atoms with Gasteiger partial charge in [0.1, 0.15) is 0 Å². The van der Waals surface area contributed by atoms with Crippen molar-refractivity contribution in [1.29, 1.82) is 0 Å². The first-order chi connectivity index (χ1) is 10.2. The summed E-state index contributed by atoms with van der Waals surface area (Å²) in [6, 6.07) is 7.54. The summed E-state index contributed by atoms with van der Waals surface area (Å²) in [6.45, 7) is 0. The molecule has 21 heavy (non-hydrogen) atoms. The van der Waals surface area contributed by atoms with Crippen molar-refractivity contribution in [3.8, 4) is 0 Å². The van der Waals surface area contributed by atoms with Gasteiger partial charge in [-0.2, -0.15) is 0 Å². The highest BCUT2D eigenvalue weighted by atomic mass is 16.2. The molecule has 1 atom stereocenters. The van der Waals surface area contributed by atoms with Crippen LogP contribution < -0.4 is 10.9 Å². The van der Waals surface area contributed by atoms with Gasteiger partial charge in [0.2, 0.25) is 5.91 Å². The Morgan fingerprint density at radius 2 is 2.10 bits per heavy atom. The number of amides is 2. The summed E-state index contributed by atoms with van der Waals surface area (Å²) in [5.74, 6) is -0.197. The summed E-state index contributed by atoms with van der Waals surface area (Å²) in [4.78, 5) is 26.9. The molecule has 2 aromatic rings. The fourth-order valence-corrected chi connectivity index (χ4v) is 2.61. The lowest BCUT2D eigenvalue weighted by atomic mass is 10.1. The molecule has 108 valence electrons. The Bertz CT molecular complexity index is 702. The van der Waals surface area contributed by atoms with Crippen molar-refractivity contribution in [1.82, 2.24) is 15.8 Å². The van der Waals surface area contributed by atoms with Gasteiger partial charge < -0.3 is 4.98 Å². The van der Waals surface area contributed by atoms with Crippen molar-refractivity contribution >= 4 is 22.7 Å². The molecule has 0 aliphatic heterocycles. The smallest absolute Gasteiger partial charge is 0.271 e. The van der Waals surface area contributed by atoms with Crippen molar-refractivity contribution in [3.63, 3.8) is 0 Å². The monoisotopic (exact) mass is 283 g/mol. The summed E-state index contributed by atoms with van der Waals surface area (Å²) in [5, 5.41) is 0.836. The molecule has 5 heteroatoms. The Labute approximate surface area is 122 Å². The molecule has 0 radical (unpaired) electrons. The van der Waals surface area contributed by atoms with E-state index in [2.05, 4.69) is 28.0 Å². The number of carbonyl (C=O) groups is 2. The van der Waals surface area contributed by atoms with E-state index in [0.29, 0.717) is 12.0 Å². The number of hydrogen-bond acceptors (Lipinski definition) is 2. The summed E-state index contributed by atoms with van der Waals surface area (Å²) in [7, 11) is 0. The topological polar surface area (TPSA) is 74.0 Å². The molecule has 1 aromatic heterocycles. The molecule has 1 unspecified atom stereocenters. The third kappa shape index (κ3) is 2.97. The van der Waals surface area contributed by atoms with E-state index in [1.165, 1.54) is 0 Å². The van der Waals surface area contributed by atoms with Crippen molar-refractivity contribution < 1.29 is 9.59 Å². The largest absolute Gasteiger partial charge is 0.360 e. The highest BCUT2D eigenvalue weighted by molar-refractivity contribution is 6.07. The van der Waals surface area contributed by atoms with Crippen LogP contribution in [0, 0.1) is 5.92 Å². The zero-order valence-electron chi connectivity index (χ0n) is 11.6. The van der Waals surface area contributed by atoms with Crippen molar-refractivity contribution in [2.45, 2.75) is 19.3 Å². The molecule has 2 amide bonds. The molecule has 1 aliphatic rings. The molecule has 0 saturated carbocycles. The summed E-state index contributed by atoms with van der Waals surface area (Å²) in [5.41, 5.74) is 6.36. The zero-order valence-corrected chi connectivity index (χ0v) is 11.6. The number of hydrogen-bond donors (Lipinski definition) is 3. The van der Waals surface area contributed by atoms with Crippen LogP contribution in [0.5, 0.6) is 0 Å². The number of H-pyrrole nitrogens is 1. The number of fused-ring (bicyclic) bond motifs is 1. The average molecular weight is 283 g/mol. The Morgan fingerprint density at radius 1 is 1.24 bits per heavy atom. The van der Waals surface area contributed by atoms with Gasteiger partial charge in [0, 0.05) is 23.5 Å². The fraction of sp³-hybridized carbons (Fsp3) is 0.250. The van der Waals surface area contributed by atoms with Crippen LogP contribution in [0.25, 0.3) is 10.9 Å². The number of carbonyl (C=O) groups excluding carboxylic acids is 2. The van der Waals surface area contributed by atoms with Crippen LogP contribution in [0.4, 0.5) is 0 Å². The molecule has 1 aromatic carbocycles. The maximum atomic E-state index is 12.1. The van der Waals surface area contributed by atoms with Gasteiger partial charge in [-0.15, -0.1) is 0 Å². The average Bonchev–Trinajstić information content (AvgIpc) is 3.13. The molecule has 3 rings (SSSR count). The van der Waals surface area contributed by atoms with E-state index in [-0.39, 0.29) is 17.7 Å². The summed E-state index contributed by atoms with van der Waals surface area (Å²) in [6.07, 6.45) is 8.23. The highest BCUT2D eigenvalue weighted by Gasteiger charge is 2.16. The quantitative estimate of drug-likeness (QED) is 0.597. The van der Waals surface area contributed by atoms with E-state index in [1.807, 2.05) is 24.3 Å². The second-order valence-corrected chi connectivity index (χ2v) is 5.22. The van der Waals surface area contributed by atoms with Crippen molar-refractivity contribution in [2.24, 2.45) is 5.92 Å². The van der Waals surface area contributed by atoms with Crippen molar-refractivity contribution in [2.75, 3.05) is 0 Å². The van der Waals surface area contributed by atoms with Crippen LogP contribution in [0.15, 0.2) is 42.6 Å². The van der Waals surface area contributed by atoms with Gasteiger partial charge in [0.25, 0.3) is 5.91 Å². The van der Waals surface area contributed by atoms with E-state index >= 15 is 0 Å². The molecule has 1 aliphatic carbocycles. The minimum Gasteiger partial charge on any atom is -0.360 e. The lowest BCUT2D eigenvalue weighted by Crippen LogP contribution is -2.42. The predicted molar refractivity (Wildman–Crippen MR) is 80.4 cm³/mol. The molecular formula is C16H17N3O2. The van der Waals surface area contributed by atoms with Gasteiger partial charge >= 0.3 is 0 Å². The number of nitrogens with one attached hydrogen (secondary N) is 3. The summed E-state index contributed by atoms with van der Waals surface area (Å²) < 4.78 is 0. The highest BCUT2D eigenvalue weighted by Crippen LogP contribution is 2.20. The van der Waals surface area contributed by atoms with Gasteiger partial charge in [-0.25, -0.2) is 0 Å². The number of rotatable bonds is 3. The SMILES string of the molecule is O=C(CC1C=CCC1)NNC(=O)c1c[nH]c2ccccc12. The van der Waals surface area contributed by atoms with Crippen LogP contribution in [0.1, 0.15) is 29.6 Å². The first-order valence-corrected chi connectivity index (χ1v) is 7.06. The third-order valence-corrected chi connectivity index (χ3v) is 3.71. The predicted octanol–water partition coefficient (Wildman–Crippen LogP) is 2.29. The van der Waals surface area contributed by atoms with Crippen LogP contribution in [-0.2, 0) is 4.79 Å². The lowest BCUT2D eigenvalue weighted by Gasteiger charge is -2.09. The van der Waals surface area contributed by atoms with Crippen LogP contribution in [-0.4, -0.2) is 16.8 Å². The van der Waals surface area contributed by atoms with E-state index < -0.39 is 0 Å². The molecule has 1 heterocycles. The molecule has 5 nitrogen and oxygen atoms in total. The van der Waals surface area contributed by atoms with Crippen LogP contribution in [0.3, 0.4) is 0 Å². The Kier molecular flexibility index (Phi) is 3.73. The molecule has 3 N–H and O–H groups in total. The standard InChI is InChI=1S/C16H17N3O2/c20-15(9-11-5-1-2-6-11)18-19-16(21)13-10-17-14-8-4-3-7-12(13)14/h1,3-5,7-8,10-11,17H,2,6,9H2,(H,18,20)(H,19,21). The van der Waals surface area contributed by atoms with Gasteiger partial charge in [-0.05, 0) is 24.8 Å². The van der Waals surface area contributed by atoms with Crippen LogP contribution >= 0.6 is 0 Å². The van der Waals surface area contributed by atoms with E-state index in [4.69, 9.17) is 0 Å². The Hall–Kier alpha value is -2.56. The Balaban J connectivity index is 1.58. The number of benzene rings is 1. The molecular weight excluding hydrogens is 266 g/mol. The first kappa shape index (κ1) is 13.4. The Morgan fingerprint density at radius 3 is 2.90 bits per heavy atom.